The monoisotopic (exact) mass is 556 g/mol. The average molecular weight is 557 g/mol. The molecule has 2 aromatic carbocycles. The van der Waals surface area contributed by atoms with Crippen molar-refractivity contribution in [3.63, 3.8) is 0 Å². The highest BCUT2D eigenvalue weighted by atomic mass is 32.2. The van der Waals surface area contributed by atoms with E-state index in [4.69, 9.17) is 4.98 Å². The molecule has 1 saturated heterocycles. The number of benzene rings is 2. The molecule has 1 amide bonds. The summed E-state index contributed by atoms with van der Waals surface area (Å²) in [4.78, 5) is 24.0. The second-order valence-corrected chi connectivity index (χ2v) is 12.1. The van der Waals surface area contributed by atoms with E-state index in [-0.39, 0.29) is 38.4 Å². The number of rotatable bonds is 7. The van der Waals surface area contributed by atoms with Gasteiger partial charge in [0, 0.05) is 31.3 Å². The van der Waals surface area contributed by atoms with Crippen LogP contribution in [0.25, 0.3) is 10.2 Å². The molecule has 0 saturated carbocycles. The number of thiazole rings is 1. The summed E-state index contributed by atoms with van der Waals surface area (Å²) in [5.74, 6) is -2.58. The number of nitrogens with zero attached hydrogens (tertiary/aromatic N) is 4. The van der Waals surface area contributed by atoms with Crippen LogP contribution in [0.5, 0.6) is 0 Å². The summed E-state index contributed by atoms with van der Waals surface area (Å²) >= 11 is 1.44. The number of aromatic nitrogens is 2. The number of anilines is 1. The third-order valence-electron chi connectivity index (χ3n) is 6.71. The molecular weight excluding hydrogens is 530 g/mol. The van der Waals surface area contributed by atoms with Crippen LogP contribution in [-0.2, 0) is 27.8 Å². The normalized spacial score (nSPS) is 15.1. The molecule has 11 heteroatoms. The largest absolute Gasteiger partial charge is 0.282 e. The maximum atomic E-state index is 14.2. The first kappa shape index (κ1) is 26.3. The van der Waals surface area contributed by atoms with Crippen molar-refractivity contribution in [2.45, 2.75) is 37.6 Å². The van der Waals surface area contributed by atoms with Crippen LogP contribution in [0.2, 0.25) is 0 Å². The Hall–Kier alpha value is -3.28. The van der Waals surface area contributed by atoms with E-state index in [0.717, 1.165) is 33.1 Å². The summed E-state index contributed by atoms with van der Waals surface area (Å²) in [5, 5.41) is 0.562. The fraction of sp³-hybridized carbons (Fsp3) is 0.296. The Morgan fingerprint density at radius 1 is 1.11 bits per heavy atom. The van der Waals surface area contributed by atoms with Crippen molar-refractivity contribution >= 4 is 42.6 Å². The van der Waals surface area contributed by atoms with Gasteiger partial charge in [0.05, 0.1) is 22.5 Å². The summed E-state index contributed by atoms with van der Waals surface area (Å²) in [6.07, 6.45) is 3.10. The Labute approximate surface area is 223 Å². The van der Waals surface area contributed by atoms with Crippen molar-refractivity contribution in [1.82, 2.24) is 14.3 Å². The molecule has 0 atom stereocenters. The number of carbonyl (C=O) groups is 1. The highest BCUT2D eigenvalue weighted by molar-refractivity contribution is 7.89. The molecule has 7 nitrogen and oxygen atoms in total. The second-order valence-electron chi connectivity index (χ2n) is 9.15. The van der Waals surface area contributed by atoms with Crippen LogP contribution >= 0.6 is 11.3 Å². The molecule has 4 aromatic rings. The topological polar surface area (TPSA) is 83.5 Å². The summed E-state index contributed by atoms with van der Waals surface area (Å²) in [6, 6.07) is 14.0. The van der Waals surface area contributed by atoms with Crippen LogP contribution in [0.15, 0.2) is 65.7 Å². The molecule has 0 aliphatic carbocycles. The molecule has 2 aromatic heterocycles. The van der Waals surface area contributed by atoms with E-state index < -0.39 is 32.5 Å². The number of pyridine rings is 1. The van der Waals surface area contributed by atoms with Gasteiger partial charge in [-0.1, -0.05) is 30.4 Å². The molecule has 0 N–H and O–H groups in total. The molecule has 1 fully saturated rings. The first-order chi connectivity index (χ1) is 18.3. The van der Waals surface area contributed by atoms with Gasteiger partial charge < -0.3 is 0 Å². The summed E-state index contributed by atoms with van der Waals surface area (Å²) in [5.41, 5.74) is 2.70. The number of hydrogen-bond acceptors (Lipinski definition) is 6. The van der Waals surface area contributed by atoms with Crippen molar-refractivity contribution in [3.8, 4) is 0 Å². The van der Waals surface area contributed by atoms with E-state index >= 15 is 0 Å². The third kappa shape index (κ3) is 5.31. The van der Waals surface area contributed by atoms with Crippen molar-refractivity contribution in [2.75, 3.05) is 18.0 Å². The lowest BCUT2D eigenvalue weighted by molar-refractivity contribution is -0.123. The lowest BCUT2D eigenvalue weighted by Gasteiger charge is -2.33. The fourth-order valence-electron chi connectivity index (χ4n) is 4.57. The van der Waals surface area contributed by atoms with Gasteiger partial charge in [0.25, 0.3) is 0 Å². The predicted molar refractivity (Wildman–Crippen MR) is 142 cm³/mol. The lowest BCUT2D eigenvalue weighted by atomic mass is 9.96. The number of piperidine rings is 1. The van der Waals surface area contributed by atoms with Crippen LogP contribution in [0.4, 0.5) is 13.9 Å². The number of aryl methyl sites for hydroxylation is 1. The number of fused-ring (bicyclic) bond motifs is 1. The number of hydrogen-bond donors (Lipinski definition) is 0. The number of amides is 1. The first-order valence-electron chi connectivity index (χ1n) is 12.3. The maximum Gasteiger partial charge on any atom is 0.245 e. The van der Waals surface area contributed by atoms with Gasteiger partial charge in [-0.15, -0.1) is 0 Å². The number of halogens is 2. The van der Waals surface area contributed by atoms with Gasteiger partial charge >= 0.3 is 0 Å². The Kier molecular flexibility index (Phi) is 7.51. The van der Waals surface area contributed by atoms with E-state index in [9.17, 15) is 22.0 Å². The lowest BCUT2D eigenvalue weighted by Crippen LogP contribution is -2.44. The fourth-order valence-corrected chi connectivity index (χ4v) is 7.12. The van der Waals surface area contributed by atoms with Gasteiger partial charge in [-0.25, -0.2) is 22.2 Å². The zero-order valence-electron chi connectivity index (χ0n) is 20.7. The van der Waals surface area contributed by atoms with Crippen LogP contribution in [-0.4, -0.2) is 41.7 Å². The predicted octanol–water partition coefficient (Wildman–Crippen LogP) is 5.17. The molecule has 0 spiro atoms. The van der Waals surface area contributed by atoms with E-state index in [1.165, 1.54) is 16.9 Å². The SMILES string of the molecule is CCc1ccc2nc(N(Cc3ccccn3)C(=O)C3CCN(S(=O)(=O)c4ccc(F)cc4F)CC3)sc2c1. The molecule has 3 heterocycles. The van der Waals surface area contributed by atoms with Crippen LogP contribution < -0.4 is 4.90 Å². The van der Waals surface area contributed by atoms with Crippen molar-refractivity contribution in [3.05, 3.63) is 83.7 Å². The van der Waals surface area contributed by atoms with Crippen LogP contribution in [0, 0.1) is 17.6 Å². The van der Waals surface area contributed by atoms with E-state index in [1.54, 1.807) is 17.2 Å². The molecule has 0 bridgehead atoms. The van der Waals surface area contributed by atoms with Gasteiger partial charge in [0.1, 0.15) is 16.5 Å². The molecular formula is C27H26F2N4O3S2. The van der Waals surface area contributed by atoms with Gasteiger partial charge in [-0.2, -0.15) is 4.31 Å². The summed E-state index contributed by atoms with van der Waals surface area (Å²) in [7, 11) is -4.16. The standard InChI is InChI=1S/C27H26F2N4O3S2/c1-2-18-6-8-23-24(15-18)37-27(31-23)33(17-21-5-3-4-12-30-21)26(34)19-10-13-32(14-11-19)38(35,36)25-9-7-20(28)16-22(25)29/h3-9,12,15-16,19H,2,10-11,13-14,17H2,1H3. The molecule has 0 radical (unpaired) electrons. The molecule has 38 heavy (non-hydrogen) atoms. The Bertz CT molecular complexity index is 1570. The number of carbonyl (C=O) groups excluding carboxylic acids is 1. The minimum Gasteiger partial charge on any atom is -0.282 e. The van der Waals surface area contributed by atoms with Crippen LogP contribution in [0.3, 0.4) is 0 Å². The summed E-state index contributed by atoms with van der Waals surface area (Å²) < 4.78 is 55.7. The van der Waals surface area contributed by atoms with E-state index in [2.05, 4.69) is 18.0 Å². The molecule has 1 aliphatic heterocycles. The third-order valence-corrected chi connectivity index (χ3v) is 9.68. The summed E-state index contributed by atoms with van der Waals surface area (Å²) in [6.45, 7) is 2.41. The number of sulfonamides is 1. The highest BCUT2D eigenvalue weighted by Crippen LogP contribution is 2.33. The Morgan fingerprint density at radius 3 is 2.58 bits per heavy atom. The second kappa shape index (κ2) is 10.8. The quantitative estimate of drug-likeness (QED) is 0.314. The van der Waals surface area contributed by atoms with E-state index in [0.29, 0.717) is 16.9 Å². The van der Waals surface area contributed by atoms with Gasteiger partial charge in [0.15, 0.2) is 5.13 Å². The molecule has 5 rings (SSSR count). The average Bonchev–Trinajstić information content (AvgIpc) is 3.35. The van der Waals surface area contributed by atoms with Gasteiger partial charge in [0.2, 0.25) is 15.9 Å². The molecule has 1 aliphatic rings. The minimum atomic E-state index is -4.16. The minimum absolute atomic E-state index is 0.0483. The molecule has 0 unspecified atom stereocenters. The van der Waals surface area contributed by atoms with Crippen molar-refractivity contribution in [1.29, 1.82) is 0 Å². The zero-order chi connectivity index (χ0) is 26.9. The van der Waals surface area contributed by atoms with Gasteiger partial charge in [-0.3, -0.25) is 14.7 Å². The van der Waals surface area contributed by atoms with Gasteiger partial charge in [-0.05, 0) is 61.2 Å². The van der Waals surface area contributed by atoms with Crippen LogP contribution in [0.1, 0.15) is 31.0 Å². The van der Waals surface area contributed by atoms with E-state index in [1.807, 2.05) is 24.3 Å². The molecule has 198 valence electrons. The van der Waals surface area contributed by atoms with Crippen molar-refractivity contribution < 1.29 is 22.0 Å². The first-order valence-corrected chi connectivity index (χ1v) is 14.6. The maximum absolute atomic E-state index is 14.2. The Balaban J connectivity index is 1.38. The zero-order valence-corrected chi connectivity index (χ0v) is 22.3. The smallest absolute Gasteiger partial charge is 0.245 e. The highest BCUT2D eigenvalue weighted by Gasteiger charge is 2.36. The Morgan fingerprint density at radius 2 is 1.89 bits per heavy atom. The van der Waals surface area contributed by atoms with Crippen molar-refractivity contribution in [2.24, 2.45) is 5.92 Å².